The molecule has 1 heterocycles. The number of carboxylic acids is 1. The highest BCUT2D eigenvalue weighted by Gasteiger charge is 2.68. The summed E-state index contributed by atoms with van der Waals surface area (Å²) in [6, 6.07) is 7.94. The Morgan fingerprint density at radius 2 is 1.73 bits per heavy atom. The van der Waals surface area contributed by atoms with Crippen molar-refractivity contribution in [3.63, 3.8) is 0 Å². The largest absolute Gasteiger partial charge is 0.478 e. The predicted molar refractivity (Wildman–Crippen MR) is 114 cm³/mol. The molecule has 0 atom stereocenters. The van der Waals surface area contributed by atoms with Crippen LogP contribution in [0.3, 0.4) is 0 Å². The van der Waals surface area contributed by atoms with E-state index in [0.717, 1.165) is 35.0 Å². The Labute approximate surface area is 176 Å². The summed E-state index contributed by atoms with van der Waals surface area (Å²) in [7, 11) is 0. The Morgan fingerprint density at radius 1 is 1.07 bits per heavy atom. The van der Waals surface area contributed by atoms with Gasteiger partial charge in [-0.15, -0.1) is 0 Å². The van der Waals surface area contributed by atoms with Gasteiger partial charge in [0.05, 0.1) is 6.61 Å². The van der Waals surface area contributed by atoms with Crippen LogP contribution in [0.2, 0.25) is 0 Å². The number of carbonyl (C=O) groups excluding carboxylic acids is 2. The molecule has 0 saturated heterocycles. The number of benzene rings is 1. The van der Waals surface area contributed by atoms with Gasteiger partial charge in [0.25, 0.3) is 0 Å². The minimum atomic E-state index is -1.19. The number of hydrogen-bond acceptors (Lipinski definition) is 4. The molecule has 2 aromatic rings. The summed E-state index contributed by atoms with van der Waals surface area (Å²) < 4.78 is 7.09. The number of fused-ring (bicyclic) bond motifs is 1. The third-order valence-corrected chi connectivity index (χ3v) is 6.74. The fourth-order valence-corrected chi connectivity index (χ4v) is 4.38. The molecule has 1 aromatic carbocycles. The Hall–Kier alpha value is -2.89. The van der Waals surface area contributed by atoms with Crippen LogP contribution in [0.1, 0.15) is 50.9 Å². The molecule has 1 aliphatic rings. The second kappa shape index (κ2) is 8.09. The minimum Gasteiger partial charge on any atom is -0.478 e. The van der Waals surface area contributed by atoms with Crippen LogP contribution in [0, 0.1) is 16.7 Å². The molecule has 1 N–H and O–H groups in total. The van der Waals surface area contributed by atoms with Crippen molar-refractivity contribution in [3.05, 3.63) is 48.2 Å². The van der Waals surface area contributed by atoms with Crippen molar-refractivity contribution < 1.29 is 24.2 Å². The average Bonchev–Trinajstić information content (AvgIpc) is 2.95. The molecule has 6 heteroatoms. The van der Waals surface area contributed by atoms with E-state index in [0.29, 0.717) is 13.0 Å². The van der Waals surface area contributed by atoms with Gasteiger partial charge in [-0.3, -0.25) is 4.79 Å². The van der Waals surface area contributed by atoms with Gasteiger partial charge in [-0.25, -0.2) is 9.59 Å². The molecule has 1 aromatic heterocycles. The molecule has 0 spiro atoms. The lowest BCUT2D eigenvalue weighted by Gasteiger charge is -2.05. The van der Waals surface area contributed by atoms with Gasteiger partial charge in [-0.05, 0) is 29.7 Å². The van der Waals surface area contributed by atoms with Gasteiger partial charge in [0.1, 0.15) is 0 Å². The quantitative estimate of drug-likeness (QED) is 0.285. The average molecular weight is 411 g/mol. The zero-order valence-electron chi connectivity index (χ0n) is 18.0. The summed E-state index contributed by atoms with van der Waals surface area (Å²) in [4.78, 5) is 35.1. The Balaban J connectivity index is 1.64. The molecular formula is C24H29NO5. The summed E-state index contributed by atoms with van der Waals surface area (Å²) in [6.45, 7) is 9.54. The first-order valence-electron chi connectivity index (χ1n) is 10.3. The van der Waals surface area contributed by atoms with Crippen molar-refractivity contribution in [3.8, 4) is 0 Å². The number of aryl methyl sites for hydroxylation is 1. The fourth-order valence-electron chi connectivity index (χ4n) is 4.38. The summed E-state index contributed by atoms with van der Waals surface area (Å²) in [5.41, 5.74) is 1.79. The van der Waals surface area contributed by atoms with Crippen LogP contribution in [-0.2, 0) is 20.9 Å². The first-order valence-corrected chi connectivity index (χ1v) is 10.3. The van der Waals surface area contributed by atoms with Crippen molar-refractivity contribution in [1.29, 1.82) is 0 Å². The number of para-hydroxylation sites is 1. The number of carbonyl (C=O) groups is 3. The zero-order valence-corrected chi connectivity index (χ0v) is 18.0. The summed E-state index contributed by atoms with van der Waals surface area (Å²) >= 11 is 0. The molecule has 3 rings (SSSR count). The number of Topliss-reactive ketones (excluding diaryl/α,β-unsaturated/α-hetero) is 1. The molecule has 0 amide bonds. The summed E-state index contributed by atoms with van der Waals surface area (Å²) in [6.07, 6.45) is 5.03. The Bertz CT molecular complexity index is 998. The Kier molecular flexibility index (Phi) is 5.88. The monoisotopic (exact) mass is 411 g/mol. The SMILES string of the molecule is CC1(C)C(C(=O)c2cn(CCCCOC(=O)/C=C/C(=O)O)c3ccccc23)C1(C)C. The zero-order chi connectivity index (χ0) is 22.1. The van der Waals surface area contributed by atoms with E-state index in [9.17, 15) is 14.4 Å². The van der Waals surface area contributed by atoms with Crippen LogP contribution in [0.4, 0.5) is 0 Å². The van der Waals surface area contributed by atoms with E-state index in [1.54, 1.807) is 0 Å². The highest BCUT2D eigenvalue weighted by atomic mass is 16.5. The third-order valence-electron chi connectivity index (χ3n) is 6.74. The van der Waals surface area contributed by atoms with E-state index in [4.69, 9.17) is 9.84 Å². The first kappa shape index (κ1) is 21.8. The van der Waals surface area contributed by atoms with Gasteiger partial charge in [0.2, 0.25) is 0 Å². The molecule has 1 aliphatic carbocycles. The number of ketones is 1. The number of unbranched alkanes of at least 4 members (excludes halogenated alkanes) is 1. The van der Waals surface area contributed by atoms with Crippen molar-refractivity contribution in [2.75, 3.05) is 6.61 Å². The van der Waals surface area contributed by atoms with Gasteiger partial charge >= 0.3 is 11.9 Å². The van der Waals surface area contributed by atoms with Crippen LogP contribution >= 0.6 is 0 Å². The van der Waals surface area contributed by atoms with Crippen LogP contribution in [0.15, 0.2) is 42.6 Å². The summed E-state index contributed by atoms with van der Waals surface area (Å²) in [5.74, 6) is -1.62. The molecule has 1 saturated carbocycles. The number of hydrogen-bond donors (Lipinski definition) is 1. The molecule has 1 fully saturated rings. The van der Waals surface area contributed by atoms with Crippen LogP contribution in [0.5, 0.6) is 0 Å². The minimum absolute atomic E-state index is 0.00769. The van der Waals surface area contributed by atoms with Crippen LogP contribution in [0.25, 0.3) is 10.9 Å². The van der Waals surface area contributed by atoms with Gasteiger partial charge < -0.3 is 14.4 Å². The van der Waals surface area contributed by atoms with Crippen molar-refractivity contribution in [2.24, 2.45) is 16.7 Å². The van der Waals surface area contributed by atoms with Gasteiger partial charge in [-0.1, -0.05) is 45.9 Å². The predicted octanol–water partition coefficient (Wildman–Crippen LogP) is 4.47. The highest BCUT2D eigenvalue weighted by Crippen LogP contribution is 2.69. The van der Waals surface area contributed by atoms with Gasteiger partial charge in [0, 0.05) is 47.3 Å². The molecular weight excluding hydrogens is 382 g/mol. The topological polar surface area (TPSA) is 85.6 Å². The van der Waals surface area contributed by atoms with E-state index in [1.807, 2.05) is 30.5 Å². The number of nitrogens with zero attached hydrogens (tertiary/aromatic N) is 1. The van der Waals surface area contributed by atoms with E-state index in [2.05, 4.69) is 32.3 Å². The maximum absolute atomic E-state index is 13.3. The number of carboxylic acid groups (broad SMARTS) is 1. The van der Waals surface area contributed by atoms with E-state index >= 15 is 0 Å². The van der Waals surface area contributed by atoms with Gasteiger partial charge in [-0.2, -0.15) is 0 Å². The number of ether oxygens (including phenoxy) is 1. The maximum atomic E-state index is 13.3. The first-order chi connectivity index (χ1) is 14.1. The number of esters is 1. The number of aliphatic carboxylic acids is 1. The number of aromatic nitrogens is 1. The van der Waals surface area contributed by atoms with Crippen LogP contribution in [-0.4, -0.2) is 34.0 Å². The highest BCUT2D eigenvalue weighted by molar-refractivity contribution is 6.11. The second-order valence-electron chi connectivity index (χ2n) is 9.04. The maximum Gasteiger partial charge on any atom is 0.331 e. The van der Waals surface area contributed by atoms with E-state index in [-0.39, 0.29) is 29.1 Å². The lowest BCUT2D eigenvalue weighted by atomic mass is 10.0. The normalized spacial score (nSPS) is 17.3. The standard InChI is InChI=1S/C24H29NO5/c1-23(2)22(24(23,3)4)21(29)17-15-25(18-10-6-5-9-16(17)18)13-7-8-14-30-20(28)12-11-19(26)27/h5-6,9-12,15,22H,7-8,13-14H2,1-4H3,(H,26,27)/b12-11+. The molecule has 6 nitrogen and oxygen atoms in total. The van der Waals surface area contributed by atoms with Crippen molar-refractivity contribution in [2.45, 2.75) is 47.1 Å². The molecule has 0 radical (unpaired) electrons. The third kappa shape index (κ3) is 4.04. The van der Waals surface area contributed by atoms with E-state index < -0.39 is 11.9 Å². The molecule has 0 aliphatic heterocycles. The molecule has 160 valence electrons. The second-order valence-corrected chi connectivity index (χ2v) is 9.04. The lowest BCUT2D eigenvalue weighted by Crippen LogP contribution is -2.07. The lowest BCUT2D eigenvalue weighted by molar-refractivity contribution is -0.138. The van der Waals surface area contributed by atoms with Crippen molar-refractivity contribution >= 4 is 28.6 Å². The van der Waals surface area contributed by atoms with Crippen molar-refractivity contribution in [1.82, 2.24) is 4.57 Å². The fraction of sp³-hybridized carbons (Fsp3) is 0.458. The number of rotatable bonds is 9. The molecule has 0 bridgehead atoms. The van der Waals surface area contributed by atoms with Gasteiger partial charge in [0.15, 0.2) is 5.78 Å². The van der Waals surface area contributed by atoms with E-state index in [1.165, 1.54) is 0 Å². The van der Waals surface area contributed by atoms with Crippen LogP contribution < -0.4 is 0 Å². The summed E-state index contributed by atoms with van der Waals surface area (Å²) in [5, 5.41) is 9.48. The Morgan fingerprint density at radius 3 is 2.37 bits per heavy atom. The molecule has 30 heavy (non-hydrogen) atoms. The smallest absolute Gasteiger partial charge is 0.331 e. The molecule has 0 unspecified atom stereocenters.